The van der Waals surface area contributed by atoms with Gasteiger partial charge in [0.05, 0.1) is 0 Å². The number of ether oxygens (including phenoxy) is 1. The molecule has 0 fully saturated rings. The molecule has 2 rings (SSSR count). The van der Waals surface area contributed by atoms with Crippen LogP contribution in [0.5, 0.6) is 0 Å². The highest BCUT2D eigenvalue weighted by atomic mass is 16.6. The van der Waals surface area contributed by atoms with Crippen LogP contribution in [0, 0.1) is 0 Å². The highest BCUT2D eigenvalue weighted by Gasteiger charge is 2.25. The molecule has 0 radical (unpaired) electrons. The van der Waals surface area contributed by atoms with Crippen LogP contribution in [0.15, 0.2) is 23.4 Å². The summed E-state index contributed by atoms with van der Waals surface area (Å²) >= 11 is 0. The Hall–Kier alpha value is -2.24. The molecular formula is C15H21N3O3. The van der Waals surface area contributed by atoms with E-state index in [2.05, 4.69) is 5.16 Å². The zero-order valence-electron chi connectivity index (χ0n) is 12.6. The van der Waals surface area contributed by atoms with E-state index in [9.17, 15) is 4.79 Å². The Morgan fingerprint density at radius 2 is 2.10 bits per heavy atom. The Labute approximate surface area is 124 Å². The van der Waals surface area contributed by atoms with Crippen LogP contribution >= 0.6 is 0 Å². The molecule has 0 saturated carbocycles. The van der Waals surface area contributed by atoms with Crippen molar-refractivity contribution in [1.82, 2.24) is 4.90 Å². The lowest BCUT2D eigenvalue weighted by molar-refractivity contribution is 0.0224. The fourth-order valence-corrected chi connectivity index (χ4v) is 2.26. The van der Waals surface area contributed by atoms with Gasteiger partial charge in [-0.2, -0.15) is 0 Å². The third-order valence-corrected chi connectivity index (χ3v) is 3.27. The molecule has 1 amide bonds. The van der Waals surface area contributed by atoms with E-state index < -0.39 is 5.60 Å². The SMILES string of the molecule is CC(C)(C)OC(=O)N1CCc2ccc(/C(N)=N/O)cc2C1. The van der Waals surface area contributed by atoms with Gasteiger partial charge in [-0.05, 0) is 44.4 Å². The van der Waals surface area contributed by atoms with Gasteiger partial charge in [0.15, 0.2) is 5.84 Å². The monoisotopic (exact) mass is 291 g/mol. The predicted octanol–water partition coefficient (Wildman–Crippen LogP) is 2.07. The lowest BCUT2D eigenvalue weighted by Crippen LogP contribution is -2.40. The number of amidine groups is 1. The van der Waals surface area contributed by atoms with E-state index in [4.69, 9.17) is 15.7 Å². The van der Waals surface area contributed by atoms with Gasteiger partial charge in [-0.3, -0.25) is 0 Å². The Bertz CT molecular complexity index is 576. The van der Waals surface area contributed by atoms with Crippen molar-refractivity contribution >= 4 is 11.9 Å². The molecule has 114 valence electrons. The fourth-order valence-electron chi connectivity index (χ4n) is 2.26. The number of carbonyl (C=O) groups is 1. The van der Waals surface area contributed by atoms with Crippen LogP contribution in [0.3, 0.4) is 0 Å². The molecule has 1 aromatic rings. The maximum atomic E-state index is 12.1. The molecule has 0 aromatic heterocycles. The minimum atomic E-state index is -0.507. The van der Waals surface area contributed by atoms with Crippen molar-refractivity contribution in [3.63, 3.8) is 0 Å². The fraction of sp³-hybridized carbons (Fsp3) is 0.467. The van der Waals surface area contributed by atoms with Gasteiger partial charge in [-0.1, -0.05) is 17.3 Å². The Morgan fingerprint density at radius 1 is 1.38 bits per heavy atom. The lowest BCUT2D eigenvalue weighted by Gasteiger charge is -2.31. The van der Waals surface area contributed by atoms with Crippen molar-refractivity contribution in [2.24, 2.45) is 10.9 Å². The molecule has 6 heteroatoms. The molecule has 1 heterocycles. The normalized spacial score (nSPS) is 15.6. The maximum absolute atomic E-state index is 12.1. The number of amides is 1. The summed E-state index contributed by atoms with van der Waals surface area (Å²) in [5.41, 5.74) is 7.90. The average molecular weight is 291 g/mol. The number of fused-ring (bicyclic) bond motifs is 1. The summed E-state index contributed by atoms with van der Waals surface area (Å²) in [6, 6.07) is 5.62. The zero-order valence-corrected chi connectivity index (χ0v) is 12.6. The number of nitrogens with zero attached hydrogens (tertiary/aromatic N) is 2. The van der Waals surface area contributed by atoms with Crippen molar-refractivity contribution < 1.29 is 14.7 Å². The first kappa shape index (κ1) is 15.2. The van der Waals surface area contributed by atoms with Crippen molar-refractivity contribution in [2.45, 2.75) is 39.3 Å². The van der Waals surface area contributed by atoms with Gasteiger partial charge in [0, 0.05) is 18.7 Å². The Morgan fingerprint density at radius 3 is 2.71 bits per heavy atom. The molecule has 0 atom stereocenters. The van der Waals surface area contributed by atoms with Crippen LogP contribution in [0.4, 0.5) is 4.79 Å². The Kier molecular flexibility index (Phi) is 4.06. The molecule has 0 bridgehead atoms. The highest BCUT2D eigenvalue weighted by molar-refractivity contribution is 5.97. The summed E-state index contributed by atoms with van der Waals surface area (Å²) in [4.78, 5) is 13.8. The summed E-state index contributed by atoms with van der Waals surface area (Å²) in [6.45, 7) is 6.64. The molecule has 0 saturated heterocycles. The lowest BCUT2D eigenvalue weighted by atomic mass is 9.97. The van der Waals surface area contributed by atoms with Gasteiger partial charge in [0.25, 0.3) is 0 Å². The van der Waals surface area contributed by atoms with Crippen LogP contribution in [-0.4, -0.2) is 34.2 Å². The number of rotatable bonds is 1. The number of nitrogens with two attached hydrogens (primary N) is 1. The number of oxime groups is 1. The molecule has 1 aromatic carbocycles. The summed E-state index contributed by atoms with van der Waals surface area (Å²) in [7, 11) is 0. The second-order valence-electron chi connectivity index (χ2n) is 6.12. The number of hydrogen-bond donors (Lipinski definition) is 2. The van der Waals surface area contributed by atoms with E-state index in [1.165, 1.54) is 5.56 Å². The van der Waals surface area contributed by atoms with Crippen LogP contribution in [0.25, 0.3) is 0 Å². The van der Waals surface area contributed by atoms with Gasteiger partial charge in [0.1, 0.15) is 5.60 Å². The third kappa shape index (κ3) is 3.65. The van der Waals surface area contributed by atoms with E-state index >= 15 is 0 Å². The largest absolute Gasteiger partial charge is 0.444 e. The minimum Gasteiger partial charge on any atom is -0.444 e. The maximum Gasteiger partial charge on any atom is 0.410 e. The van der Waals surface area contributed by atoms with Gasteiger partial charge in [-0.15, -0.1) is 0 Å². The molecule has 1 aliphatic heterocycles. The molecule has 1 aliphatic rings. The van der Waals surface area contributed by atoms with E-state index in [0.29, 0.717) is 18.7 Å². The molecule has 0 unspecified atom stereocenters. The van der Waals surface area contributed by atoms with Crippen LogP contribution < -0.4 is 5.73 Å². The van der Waals surface area contributed by atoms with E-state index in [1.807, 2.05) is 39.0 Å². The summed E-state index contributed by atoms with van der Waals surface area (Å²) in [5, 5.41) is 11.7. The molecular weight excluding hydrogens is 270 g/mol. The minimum absolute atomic E-state index is 0.0622. The predicted molar refractivity (Wildman–Crippen MR) is 79.3 cm³/mol. The van der Waals surface area contributed by atoms with Crippen LogP contribution in [0.2, 0.25) is 0 Å². The van der Waals surface area contributed by atoms with Crippen LogP contribution in [-0.2, 0) is 17.7 Å². The molecule has 21 heavy (non-hydrogen) atoms. The van der Waals surface area contributed by atoms with Crippen molar-refractivity contribution in [1.29, 1.82) is 0 Å². The third-order valence-electron chi connectivity index (χ3n) is 3.27. The molecule has 0 aliphatic carbocycles. The highest BCUT2D eigenvalue weighted by Crippen LogP contribution is 2.22. The first-order valence-electron chi connectivity index (χ1n) is 6.88. The Balaban J connectivity index is 2.17. The standard InChI is InChI=1S/C15H21N3O3/c1-15(2,3)21-14(19)18-7-6-10-4-5-11(13(16)17-20)8-12(10)9-18/h4-5,8,20H,6-7,9H2,1-3H3,(H2,16,17). The van der Waals surface area contributed by atoms with Crippen molar-refractivity contribution in [3.05, 3.63) is 34.9 Å². The van der Waals surface area contributed by atoms with E-state index in [0.717, 1.165) is 12.0 Å². The zero-order chi connectivity index (χ0) is 15.6. The first-order valence-corrected chi connectivity index (χ1v) is 6.88. The van der Waals surface area contributed by atoms with Crippen molar-refractivity contribution in [3.8, 4) is 0 Å². The van der Waals surface area contributed by atoms with Gasteiger partial charge >= 0.3 is 6.09 Å². The second kappa shape index (κ2) is 5.63. The van der Waals surface area contributed by atoms with Crippen LogP contribution in [0.1, 0.15) is 37.5 Å². The topological polar surface area (TPSA) is 88.2 Å². The van der Waals surface area contributed by atoms with Gasteiger partial charge < -0.3 is 20.6 Å². The van der Waals surface area contributed by atoms with Gasteiger partial charge in [0.2, 0.25) is 0 Å². The second-order valence-corrected chi connectivity index (χ2v) is 6.12. The van der Waals surface area contributed by atoms with E-state index in [1.54, 1.807) is 4.90 Å². The van der Waals surface area contributed by atoms with E-state index in [-0.39, 0.29) is 11.9 Å². The smallest absolute Gasteiger partial charge is 0.410 e. The molecule has 0 spiro atoms. The first-order chi connectivity index (χ1) is 9.80. The summed E-state index contributed by atoms with van der Waals surface area (Å²) in [6.07, 6.45) is 0.452. The number of benzene rings is 1. The van der Waals surface area contributed by atoms with Crippen molar-refractivity contribution in [2.75, 3.05) is 6.54 Å². The molecule has 3 N–H and O–H groups in total. The number of hydrogen-bond acceptors (Lipinski definition) is 4. The van der Waals surface area contributed by atoms with Gasteiger partial charge in [-0.25, -0.2) is 4.79 Å². The molecule has 6 nitrogen and oxygen atoms in total. The number of carbonyl (C=O) groups excluding carboxylic acids is 1. The quantitative estimate of drug-likeness (QED) is 0.359. The summed E-state index contributed by atoms with van der Waals surface area (Å²) < 4.78 is 5.39. The average Bonchev–Trinajstić information content (AvgIpc) is 2.43. The summed E-state index contributed by atoms with van der Waals surface area (Å²) in [5.74, 6) is 0.0622.